The van der Waals surface area contributed by atoms with E-state index >= 15 is 0 Å². The first-order valence-corrected chi connectivity index (χ1v) is 16.6. The standard InChI is InChI=1S/C42H41N2O2/c1-3-30-26-44(27-39-35-15-9-7-13-32(35)23-33-14-8-10-16-36(33)39)22-20-31(30)24-41(44)42(46-28-29-11-5-4-6-12-29)37-19-21-43-40-18-17-34(45-2)25-38(37)40/h3-19,21,23,25,30-31,41-42H,1,20,22,24,26-28H2,2H3/q+1/t30?,31?,41?,42-,44?/m1/s1. The molecule has 5 aromatic carbocycles. The lowest BCUT2D eigenvalue weighted by Gasteiger charge is -2.58. The van der Waals surface area contributed by atoms with E-state index in [1.807, 2.05) is 12.3 Å². The average molecular weight is 606 g/mol. The van der Waals surface area contributed by atoms with Gasteiger partial charge in [-0.25, -0.2) is 0 Å². The smallest absolute Gasteiger partial charge is 0.135 e. The summed E-state index contributed by atoms with van der Waals surface area (Å²) in [7, 11) is 1.73. The summed E-state index contributed by atoms with van der Waals surface area (Å²) in [4.78, 5) is 4.76. The first kappa shape index (κ1) is 28.9. The van der Waals surface area contributed by atoms with Crippen LogP contribution in [0.3, 0.4) is 0 Å². The molecule has 0 saturated carbocycles. The van der Waals surface area contributed by atoms with E-state index < -0.39 is 0 Å². The van der Waals surface area contributed by atoms with Crippen molar-refractivity contribution in [3.8, 4) is 5.75 Å². The molecule has 0 amide bonds. The Morgan fingerprint density at radius 3 is 2.35 bits per heavy atom. The molecule has 4 heteroatoms. The molecule has 3 fully saturated rings. The number of aromatic nitrogens is 1. The summed E-state index contributed by atoms with van der Waals surface area (Å²) < 4.78 is 13.9. The maximum absolute atomic E-state index is 7.18. The molecule has 4 heterocycles. The molecular formula is C42H41N2O2+. The number of hydrogen-bond donors (Lipinski definition) is 0. The van der Waals surface area contributed by atoms with Gasteiger partial charge in [0.05, 0.1) is 32.3 Å². The van der Waals surface area contributed by atoms with Crippen molar-refractivity contribution in [3.05, 3.63) is 145 Å². The first-order chi connectivity index (χ1) is 22.7. The number of quaternary nitrogens is 1. The van der Waals surface area contributed by atoms with Crippen LogP contribution in [-0.2, 0) is 17.9 Å². The predicted octanol–water partition coefficient (Wildman–Crippen LogP) is 9.42. The number of benzene rings is 5. The second kappa shape index (κ2) is 12.0. The number of nitrogens with zero attached hydrogens (tertiary/aromatic N) is 2. The third-order valence-electron chi connectivity index (χ3n) is 10.9. The Balaban J connectivity index is 1.30. The summed E-state index contributed by atoms with van der Waals surface area (Å²) in [6.07, 6.45) is 6.39. The van der Waals surface area contributed by atoms with Crippen molar-refractivity contribution in [2.45, 2.75) is 38.1 Å². The fourth-order valence-electron chi connectivity index (χ4n) is 8.65. The Kier molecular flexibility index (Phi) is 7.56. The van der Waals surface area contributed by atoms with Gasteiger partial charge in [0.1, 0.15) is 24.4 Å². The van der Waals surface area contributed by atoms with Crippen LogP contribution >= 0.6 is 0 Å². The summed E-state index contributed by atoms with van der Waals surface area (Å²) in [5, 5.41) is 6.44. The zero-order valence-corrected chi connectivity index (χ0v) is 26.5. The highest BCUT2D eigenvalue weighted by Gasteiger charge is 2.55. The molecule has 1 aromatic heterocycles. The van der Waals surface area contributed by atoms with Crippen molar-refractivity contribution in [2.75, 3.05) is 20.2 Å². The van der Waals surface area contributed by atoms with Crippen molar-refractivity contribution in [2.24, 2.45) is 11.8 Å². The normalized spacial score (nSPS) is 23.1. The molecule has 3 aliphatic heterocycles. The topological polar surface area (TPSA) is 31.4 Å². The highest BCUT2D eigenvalue weighted by atomic mass is 16.5. The van der Waals surface area contributed by atoms with E-state index in [1.165, 1.54) is 44.7 Å². The molecule has 4 unspecified atom stereocenters. The van der Waals surface area contributed by atoms with Crippen molar-refractivity contribution < 1.29 is 14.0 Å². The molecule has 46 heavy (non-hydrogen) atoms. The van der Waals surface area contributed by atoms with Gasteiger partial charge in [0.2, 0.25) is 0 Å². The maximum Gasteiger partial charge on any atom is 0.135 e. The van der Waals surface area contributed by atoms with Crippen molar-refractivity contribution in [3.63, 3.8) is 0 Å². The fourth-order valence-corrected chi connectivity index (χ4v) is 8.65. The van der Waals surface area contributed by atoms with Gasteiger partial charge in [-0.3, -0.25) is 4.98 Å². The molecule has 6 aromatic rings. The zero-order valence-electron chi connectivity index (χ0n) is 26.5. The summed E-state index contributed by atoms with van der Waals surface area (Å²) in [5.41, 5.74) is 4.81. The number of hydrogen-bond acceptors (Lipinski definition) is 3. The van der Waals surface area contributed by atoms with Crippen LogP contribution in [0.25, 0.3) is 32.4 Å². The second-order valence-electron chi connectivity index (χ2n) is 13.3. The Bertz CT molecular complexity index is 1990. The highest BCUT2D eigenvalue weighted by Crippen LogP contribution is 2.50. The molecule has 2 bridgehead atoms. The fraction of sp³-hybridized carbons (Fsp3) is 0.262. The van der Waals surface area contributed by atoms with E-state index in [2.05, 4.69) is 116 Å². The molecule has 0 N–H and O–H groups in total. The molecule has 230 valence electrons. The van der Waals surface area contributed by atoms with E-state index in [0.717, 1.165) is 47.2 Å². The minimum atomic E-state index is -0.118. The molecule has 5 atom stereocenters. The van der Waals surface area contributed by atoms with E-state index in [9.17, 15) is 0 Å². The summed E-state index contributed by atoms with van der Waals surface area (Å²) in [5.74, 6) is 1.94. The van der Waals surface area contributed by atoms with Gasteiger partial charge in [0, 0.05) is 35.9 Å². The lowest BCUT2D eigenvalue weighted by atomic mass is 9.70. The van der Waals surface area contributed by atoms with Gasteiger partial charge in [-0.2, -0.15) is 0 Å². The molecule has 0 spiro atoms. The molecule has 0 aliphatic carbocycles. The lowest BCUT2D eigenvalue weighted by Crippen LogP contribution is -2.67. The van der Waals surface area contributed by atoms with Crippen LogP contribution in [0.2, 0.25) is 0 Å². The van der Waals surface area contributed by atoms with Crippen LogP contribution in [0.1, 0.15) is 35.6 Å². The number of rotatable bonds is 9. The van der Waals surface area contributed by atoms with Crippen molar-refractivity contribution in [1.82, 2.24) is 4.98 Å². The third-order valence-corrected chi connectivity index (χ3v) is 10.9. The number of methoxy groups -OCH3 is 1. The summed E-state index contributed by atoms with van der Waals surface area (Å²) >= 11 is 0. The molecule has 3 aliphatic rings. The Morgan fingerprint density at radius 1 is 0.870 bits per heavy atom. The minimum absolute atomic E-state index is 0.118. The molecule has 0 radical (unpaired) electrons. The van der Waals surface area contributed by atoms with Crippen LogP contribution in [0.4, 0.5) is 0 Å². The van der Waals surface area contributed by atoms with E-state index in [4.69, 9.17) is 14.5 Å². The number of pyridine rings is 1. The minimum Gasteiger partial charge on any atom is -0.497 e. The lowest BCUT2D eigenvalue weighted by molar-refractivity contribution is -0.984. The Morgan fingerprint density at radius 2 is 1.61 bits per heavy atom. The largest absolute Gasteiger partial charge is 0.497 e. The van der Waals surface area contributed by atoms with Gasteiger partial charge < -0.3 is 14.0 Å². The number of fused-ring (bicyclic) bond motifs is 6. The highest BCUT2D eigenvalue weighted by molar-refractivity contribution is 6.02. The molecule has 3 saturated heterocycles. The number of piperidine rings is 3. The van der Waals surface area contributed by atoms with Crippen molar-refractivity contribution >= 4 is 32.4 Å². The third kappa shape index (κ3) is 5.06. The van der Waals surface area contributed by atoms with E-state index in [-0.39, 0.29) is 12.1 Å². The zero-order chi connectivity index (χ0) is 31.1. The first-order valence-electron chi connectivity index (χ1n) is 16.6. The summed E-state index contributed by atoms with van der Waals surface area (Å²) in [6.45, 7) is 8.07. The van der Waals surface area contributed by atoms with Gasteiger partial charge in [0.25, 0.3) is 0 Å². The van der Waals surface area contributed by atoms with Crippen LogP contribution in [0.15, 0.2) is 128 Å². The Labute approximate surface area is 271 Å². The van der Waals surface area contributed by atoms with Crippen molar-refractivity contribution in [1.29, 1.82) is 0 Å². The quantitative estimate of drug-likeness (QED) is 0.0935. The van der Waals surface area contributed by atoms with E-state index in [0.29, 0.717) is 18.4 Å². The predicted molar refractivity (Wildman–Crippen MR) is 188 cm³/mol. The maximum atomic E-state index is 7.18. The summed E-state index contributed by atoms with van der Waals surface area (Å²) in [6, 6.07) is 39.5. The van der Waals surface area contributed by atoms with Crippen LogP contribution in [-0.4, -0.2) is 35.7 Å². The monoisotopic (exact) mass is 605 g/mol. The van der Waals surface area contributed by atoms with Crippen LogP contribution in [0, 0.1) is 11.8 Å². The molecular weight excluding hydrogens is 564 g/mol. The SMILES string of the molecule is C=CC1C[N+]2(Cc3c4ccccc4cc4ccccc34)CCC1CC2[C@H](OCc1ccccc1)c1ccnc2ccc(OC)cc12. The van der Waals surface area contributed by atoms with Crippen LogP contribution in [0.5, 0.6) is 5.75 Å². The van der Waals surface area contributed by atoms with Gasteiger partial charge in [-0.05, 0) is 68.9 Å². The van der Waals surface area contributed by atoms with E-state index in [1.54, 1.807) is 7.11 Å². The Hall–Kier alpha value is -4.51. The van der Waals surface area contributed by atoms with Gasteiger partial charge in [-0.1, -0.05) is 84.9 Å². The average Bonchev–Trinajstić information content (AvgIpc) is 3.12. The van der Waals surface area contributed by atoms with Crippen LogP contribution < -0.4 is 4.74 Å². The van der Waals surface area contributed by atoms with Gasteiger partial charge in [0.15, 0.2) is 0 Å². The van der Waals surface area contributed by atoms with Gasteiger partial charge in [-0.15, -0.1) is 6.58 Å². The second-order valence-corrected chi connectivity index (χ2v) is 13.3. The molecule has 9 rings (SSSR count). The molecule has 4 nitrogen and oxygen atoms in total. The number of ether oxygens (including phenoxy) is 2. The van der Waals surface area contributed by atoms with Gasteiger partial charge >= 0.3 is 0 Å².